The van der Waals surface area contributed by atoms with Crippen molar-refractivity contribution in [1.82, 2.24) is 9.55 Å². The highest BCUT2D eigenvalue weighted by molar-refractivity contribution is 5.44. The number of anilines is 1. The van der Waals surface area contributed by atoms with Gasteiger partial charge in [-0.25, -0.2) is 18.0 Å². The quantitative estimate of drug-likeness (QED) is 0.604. The maximum Gasteiger partial charge on any atom is 0.352 e. The first-order chi connectivity index (χ1) is 14.8. The van der Waals surface area contributed by atoms with Gasteiger partial charge in [0.05, 0.1) is 0 Å². The van der Waals surface area contributed by atoms with E-state index in [1.54, 1.807) is 10.6 Å². The second-order valence-corrected chi connectivity index (χ2v) is 7.37. The van der Waals surface area contributed by atoms with Gasteiger partial charge < -0.3 is 14.4 Å². The van der Waals surface area contributed by atoms with Crippen molar-refractivity contribution in [3.8, 4) is 17.4 Å². The van der Waals surface area contributed by atoms with Crippen LogP contribution in [0.4, 0.5) is 19.0 Å². The molecular weight excluding hydrogens is 411 g/mol. The van der Waals surface area contributed by atoms with Crippen LogP contribution in [0.15, 0.2) is 47.3 Å². The van der Waals surface area contributed by atoms with Gasteiger partial charge in [-0.05, 0) is 43.2 Å². The fraction of sp³-hybridized carbons (Fsp3) is 0.273. The predicted molar refractivity (Wildman–Crippen MR) is 108 cm³/mol. The predicted octanol–water partition coefficient (Wildman–Crippen LogP) is 4.26. The third kappa shape index (κ3) is 4.35. The highest BCUT2D eigenvalue weighted by Gasteiger charge is 2.22. The highest BCUT2D eigenvalue weighted by atomic mass is 19.1. The smallest absolute Gasteiger partial charge is 0.352 e. The van der Waals surface area contributed by atoms with Gasteiger partial charge in [0.1, 0.15) is 24.0 Å². The zero-order valence-corrected chi connectivity index (χ0v) is 16.9. The summed E-state index contributed by atoms with van der Waals surface area (Å²) in [5, 5.41) is 0. The third-order valence-corrected chi connectivity index (χ3v) is 5.22. The molecule has 1 aromatic heterocycles. The summed E-state index contributed by atoms with van der Waals surface area (Å²) in [6, 6.07) is 8.96. The van der Waals surface area contributed by atoms with Crippen molar-refractivity contribution in [2.24, 2.45) is 0 Å². The van der Waals surface area contributed by atoms with E-state index < -0.39 is 28.9 Å². The second-order valence-electron chi connectivity index (χ2n) is 7.37. The average molecular weight is 431 g/mol. The van der Waals surface area contributed by atoms with Crippen molar-refractivity contribution >= 4 is 5.82 Å². The van der Waals surface area contributed by atoms with Crippen molar-refractivity contribution in [3.05, 3.63) is 76.0 Å². The van der Waals surface area contributed by atoms with Gasteiger partial charge in [-0.1, -0.05) is 6.07 Å². The monoisotopic (exact) mass is 431 g/mol. The summed E-state index contributed by atoms with van der Waals surface area (Å²) in [5.41, 5.74) is -0.259. The molecular formula is C22H20F3N3O3. The lowest BCUT2D eigenvalue weighted by atomic mass is 10.1. The number of rotatable bonds is 5. The summed E-state index contributed by atoms with van der Waals surface area (Å²) in [4.78, 5) is 18.1. The number of aromatic nitrogens is 2. The summed E-state index contributed by atoms with van der Waals surface area (Å²) in [6.45, 7) is 2.41. The topological polar surface area (TPSA) is 56.6 Å². The van der Waals surface area contributed by atoms with Crippen LogP contribution in [-0.2, 0) is 13.2 Å². The van der Waals surface area contributed by atoms with E-state index in [4.69, 9.17) is 9.47 Å². The molecule has 1 atom stereocenters. The fourth-order valence-electron chi connectivity index (χ4n) is 3.38. The van der Waals surface area contributed by atoms with Crippen LogP contribution in [-0.4, -0.2) is 22.6 Å². The molecule has 2 aromatic carbocycles. The first-order valence-electron chi connectivity index (χ1n) is 9.70. The SMILES string of the molecule is C[C@@H]1CCn2c(cc(OCc3cc(F)c(Oc4cccc(F)c4)c(F)c3)nc2=O)N1C. The Morgan fingerprint density at radius 1 is 1.13 bits per heavy atom. The van der Waals surface area contributed by atoms with Crippen molar-refractivity contribution in [1.29, 1.82) is 0 Å². The summed E-state index contributed by atoms with van der Waals surface area (Å²) < 4.78 is 54.3. The minimum absolute atomic E-state index is 0.0288. The maximum atomic E-state index is 14.4. The molecule has 0 N–H and O–H groups in total. The highest BCUT2D eigenvalue weighted by Crippen LogP contribution is 2.30. The van der Waals surface area contributed by atoms with Gasteiger partial charge >= 0.3 is 5.69 Å². The zero-order chi connectivity index (χ0) is 22.1. The Hall–Kier alpha value is -3.49. The van der Waals surface area contributed by atoms with E-state index in [1.165, 1.54) is 18.2 Å². The molecule has 0 amide bonds. The van der Waals surface area contributed by atoms with Crippen LogP contribution in [0.25, 0.3) is 0 Å². The lowest BCUT2D eigenvalue weighted by Gasteiger charge is -2.34. The molecule has 0 spiro atoms. The van der Waals surface area contributed by atoms with Crippen LogP contribution in [0.1, 0.15) is 18.9 Å². The lowest BCUT2D eigenvalue weighted by Crippen LogP contribution is -2.41. The lowest BCUT2D eigenvalue weighted by molar-refractivity contribution is 0.287. The summed E-state index contributed by atoms with van der Waals surface area (Å²) in [5.74, 6) is -2.45. The molecule has 162 valence electrons. The normalized spacial score (nSPS) is 15.5. The fourth-order valence-corrected chi connectivity index (χ4v) is 3.38. The maximum absolute atomic E-state index is 14.4. The molecule has 0 saturated carbocycles. The first kappa shape index (κ1) is 20.8. The Labute approximate surface area is 176 Å². The largest absolute Gasteiger partial charge is 0.473 e. The molecule has 0 radical (unpaired) electrons. The number of benzene rings is 2. The zero-order valence-electron chi connectivity index (χ0n) is 16.9. The Balaban J connectivity index is 1.52. The number of ether oxygens (including phenoxy) is 2. The molecule has 31 heavy (non-hydrogen) atoms. The van der Waals surface area contributed by atoms with E-state index in [-0.39, 0.29) is 29.8 Å². The number of nitrogens with zero attached hydrogens (tertiary/aromatic N) is 3. The molecule has 2 heterocycles. The average Bonchev–Trinajstić information content (AvgIpc) is 2.72. The minimum Gasteiger partial charge on any atom is -0.473 e. The van der Waals surface area contributed by atoms with Crippen LogP contribution < -0.4 is 20.1 Å². The van der Waals surface area contributed by atoms with Crippen molar-refractivity contribution in [2.45, 2.75) is 32.5 Å². The van der Waals surface area contributed by atoms with E-state index in [2.05, 4.69) is 4.98 Å². The molecule has 3 aromatic rings. The van der Waals surface area contributed by atoms with E-state index >= 15 is 0 Å². The molecule has 9 heteroatoms. The van der Waals surface area contributed by atoms with Crippen molar-refractivity contribution in [2.75, 3.05) is 11.9 Å². The number of fused-ring (bicyclic) bond motifs is 1. The van der Waals surface area contributed by atoms with Crippen LogP contribution in [0.5, 0.6) is 17.4 Å². The van der Waals surface area contributed by atoms with E-state index in [1.807, 2.05) is 18.9 Å². The molecule has 0 saturated heterocycles. The van der Waals surface area contributed by atoms with Gasteiger partial charge in [-0.15, -0.1) is 0 Å². The summed E-state index contributed by atoms with van der Waals surface area (Å²) >= 11 is 0. The van der Waals surface area contributed by atoms with Crippen LogP contribution in [0.3, 0.4) is 0 Å². The Morgan fingerprint density at radius 3 is 2.58 bits per heavy atom. The number of hydrogen-bond acceptors (Lipinski definition) is 5. The molecule has 1 aliphatic rings. The standard InChI is InChI=1S/C22H20F3N3O3/c1-13-6-7-28-20(27(13)2)11-19(26-22(28)29)30-12-14-8-17(24)21(18(25)9-14)31-16-5-3-4-15(23)10-16/h3-5,8-11,13H,6-7,12H2,1-2H3/t13-/m1/s1. The molecule has 0 unspecified atom stereocenters. The Kier molecular flexibility index (Phi) is 5.58. The molecule has 0 bridgehead atoms. The van der Waals surface area contributed by atoms with Gasteiger partial charge in [0.2, 0.25) is 5.88 Å². The molecule has 6 nitrogen and oxygen atoms in total. The van der Waals surface area contributed by atoms with Gasteiger partial charge in [-0.3, -0.25) is 4.57 Å². The van der Waals surface area contributed by atoms with Crippen molar-refractivity contribution in [3.63, 3.8) is 0 Å². The van der Waals surface area contributed by atoms with E-state index in [0.29, 0.717) is 12.4 Å². The first-order valence-corrected chi connectivity index (χ1v) is 9.70. The third-order valence-electron chi connectivity index (χ3n) is 5.22. The van der Waals surface area contributed by atoms with E-state index in [0.717, 1.165) is 24.6 Å². The molecule has 4 rings (SSSR count). The number of hydrogen-bond donors (Lipinski definition) is 0. The number of halogens is 3. The van der Waals surface area contributed by atoms with Crippen molar-refractivity contribution < 1.29 is 22.6 Å². The van der Waals surface area contributed by atoms with Crippen LogP contribution in [0.2, 0.25) is 0 Å². The minimum atomic E-state index is -0.963. The van der Waals surface area contributed by atoms with E-state index in [9.17, 15) is 18.0 Å². The second kappa shape index (κ2) is 8.33. The van der Waals surface area contributed by atoms with Gasteiger partial charge in [0, 0.05) is 31.8 Å². The van der Waals surface area contributed by atoms with Crippen LogP contribution >= 0.6 is 0 Å². The molecule has 0 fully saturated rings. The molecule has 1 aliphatic heterocycles. The summed E-state index contributed by atoms with van der Waals surface area (Å²) in [7, 11) is 1.88. The van der Waals surface area contributed by atoms with Gasteiger partial charge in [-0.2, -0.15) is 4.98 Å². The summed E-state index contributed by atoms with van der Waals surface area (Å²) in [6.07, 6.45) is 0.827. The van der Waals surface area contributed by atoms with Crippen LogP contribution in [0, 0.1) is 17.5 Å². The Bertz CT molecular complexity index is 1160. The van der Waals surface area contributed by atoms with Gasteiger partial charge in [0.15, 0.2) is 17.4 Å². The molecule has 0 aliphatic carbocycles. The van der Waals surface area contributed by atoms with Gasteiger partial charge in [0.25, 0.3) is 0 Å². The Morgan fingerprint density at radius 2 is 1.87 bits per heavy atom.